The second-order valence-corrected chi connectivity index (χ2v) is 6.70. The average molecular weight is 381 g/mol. The van der Waals surface area contributed by atoms with Crippen molar-refractivity contribution in [1.29, 1.82) is 0 Å². The number of hydrogen-bond acceptors (Lipinski definition) is 7. The van der Waals surface area contributed by atoms with E-state index in [2.05, 4.69) is 15.3 Å². The molecule has 0 radical (unpaired) electrons. The normalized spacial score (nSPS) is 15.3. The Labute approximate surface area is 161 Å². The van der Waals surface area contributed by atoms with Crippen molar-refractivity contribution in [3.8, 4) is 22.8 Å². The van der Waals surface area contributed by atoms with Crippen molar-refractivity contribution in [2.75, 3.05) is 44.7 Å². The summed E-state index contributed by atoms with van der Waals surface area (Å²) < 4.78 is 22.7. The second-order valence-electron chi connectivity index (χ2n) is 6.70. The van der Waals surface area contributed by atoms with Crippen molar-refractivity contribution in [3.05, 3.63) is 43.1 Å². The maximum Gasteiger partial charge on any atom is 0.232 e. The number of aromatic nitrogens is 2. The van der Waals surface area contributed by atoms with Crippen molar-refractivity contribution < 1.29 is 22.9 Å². The molecule has 0 amide bonds. The van der Waals surface area contributed by atoms with Crippen LogP contribution in [0, 0.1) is 0 Å². The highest BCUT2D eigenvalue weighted by atomic mass is 16.5. The molecule has 144 valence electrons. The largest absolute Gasteiger partial charge is 0.464 e. The number of quaternary nitrogens is 1. The summed E-state index contributed by atoms with van der Waals surface area (Å²) in [6.45, 7) is 5.50. The lowest BCUT2D eigenvalue weighted by atomic mass is 10.1. The molecule has 0 spiro atoms. The van der Waals surface area contributed by atoms with Crippen molar-refractivity contribution in [1.82, 2.24) is 9.97 Å². The number of fused-ring (bicyclic) bond motifs is 1. The Hall–Kier alpha value is -3.10. The number of nitrogens with zero attached hydrogens (tertiary/aromatic N) is 2. The van der Waals surface area contributed by atoms with E-state index in [1.54, 1.807) is 12.5 Å². The molecule has 1 saturated heterocycles. The van der Waals surface area contributed by atoms with Crippen LogP contribution in [0.4, 0.5) is 5.82 Å². The topological polar surface area (TPSA) is 90.9 Å². The molecule has 4 aromatic heterocycles. The Bertz CT molecular complexity index is 1030. The Balaban J connectivity index is 1.51. The molecule has 0 unspecified atom stereocenters. The molecule has 0 aromatic carbocycles. The summed E-state index contributed by atoms with van der Waals surface area (Å²) in [6, 6.07) is 7.42. The van der Waals surface area contributed by atoms with Gasteiger partial charge in [0.2, 0.25) is 5.71 Å². The summed E-state index contributed by atoms with van der Waals surface area (Å²) in [4.78, 5) is 10.3. The third-order valence-electron chi connectivity index (χ3n) is 4.97. The number of morpholine rings is 1. The SMILES string of the molecule is c1coc(-c2oc3ncnc(NCC[NH+]4CCOCC4)c3c2-c2ccco2)c1. The summed E-state index contributed by atoms with van der Waals surface area (Å²) in [7, 11) is 0. The molecule has 5 heterocycles. The van der Waals surface area contributed by atoms with Crippen molar-refractivity contribution >= 4 is 16.9 Å². The highest BCUT2D eigenvalue weighted by Crippen LogP contribution is 2.42. The first-order valence-corrected chi connectivity index (χ1v) is 9.40. The van der Waals surface area contributed by atoms with E-state index >= 15 is 0 Å². The summed E-state index contributed by atoms with van der Waals surface area (Å²) in [5, 5.41) is 4.24. The van der Waals surface area contributed by atoms with Crippen molar-refractivity contribution in [3.63, 3.8) is 0 Å². The minimum atomic E-state index is 0.494. The third kappa shape index (κ3) is 3.17. The van der Waals surface area contributed by atoms with Gasteiger partial charge < -0.3 is 28.2 Å². The molecule has 1 aliphatic rings. The fraction of sp³-hybridized carbons (Fsp3) is 0.300. The van der Waals surface area contributed by atoms with E-state index in [0.29, 0.717) is 23.0 Å². The molecule has 0 saturated carbocycles. The summed E-state index contributed by atoms with van der Waals surface area (Å²) in [5.74, 6) is 2.61. The van der Waals surface area contributed by atoms with Gasteiger partial charge in [-0.15, -0.1) is 0 Å². The predicted octanol–water partition coefficient (Wildman–Crippen LogP) is 2.07. The van der Waals surface area contributed by atoms with Crippen LogP contribution in [0.3, 0.4) is 0 Å². The standard InChI is InChI=1S/C20H20N4O4/c1-3-14(26-9-1)16-17-19(21-5-6-24-7-11-25-12-8-24)22-13-23-20(17)28-18(16)15-4-2-10-27-15/h1-4,9-10,13H,5-8,11-12H2,(H,21,22,23)/p+1. The van der Waals surface area contributed by atoms with Crippen LogP contribution in [0.5, 0.6) is 0 Å². The van der Waals surface area contributed by atoms with Gasteiger partial charge in [-0.3, -0.25) is 0 Å². The van der Waals surface area contributed by atoms with E-state index in [0.717, 1.165) is 56.2 Å². The van der Waals surface area contributed by atoms with Crippen LogP contribution in [0.25, 0.3) is 33.9 Å². The molecule has 1 fully saturated rings. The van der Waals surface area contributed by atoms with E-state index in [9.17, 15) is 0 Å². The quantitative estimate of drug-likeness (QED) is 0.528. The van der Waals surface area contributed by atoms with Gasteiger partial charge in [-0.1, -0.05) is 0 Å². The molecule has 2 N–H and O–H groups in total. The lowest BCUT2D eigenvalue weighted by molar-refractivity contribution is -0.906. The molecule has 1 aliphatic heterocycles. The van der Waals surface area contributed by atoms with Gasteiger partial charge in [0.1, 0.15) is 31.0 Å². The zero-order chi connectivity index (χ0) is 18.8. The number of anilines is 1. The number of nitrogens with one attached hydrogen (secondary N) is 2. The zero-order valence-corrected chi connectivity index (χ0v) is 15.3. The Morgan fingerprint density at radius 1 is 1.00 bits per heavy atom. The predicted molar refractivity (Wildman–Crippen MR) is 102 cm³/mol. The maximum absolute atomic E-state index is 6.04. The average Bonchev–Trinajstić information content (AvgIpc) is 3.48. The number of hydrogen-bond donors (Lipinski definition) is 2. The molecule has 28 heavy (non-hydrogen) atoms. The lowest BCUT2D eigenvalue weighted by Gasteiger charge is -2.23. The third-order valence-corrected chi connectivity index (χ3v) is 4.97. The van der Waals surface area contributed by atoms with E-state index in [-0.39, 0.29) is 0 Å². The van der Waals surface area contributed by atoms with E-state index in [1.807, 2.05) is 24.3 Å². The molecular weight excluding hydrogens is 360 g/mol. The van der Waals surface area contributed by atoms with E-state index in [4.69, 9.17) is 18.0 Å². The van der Waals surface area contributed by atoms with Crippen molar-refractivity contribution in [2.45, 2.75) is 0 Å². The van der Waals surface area contributed by atoms with Gasteiger partial charge in [0, 0.05) is 0 Å². The van der Waals surface area contributed by atoms with Crippen LogP contribution in [-0.4, -0.2) is 49.4 Å². The molecule has 5 rings (SSSR count). The Kier molecular flexibility index (Phi) is 4.56. The molecule has 0 atom stereocenters. The van der Waals surface area contributed by atoms with Gasteiger partial charge in [-0.05, 0) is 24.3 Å². The van der Waals surface area contributed by atoms with Crippen LogP contribution in [-0.2, 0) is 4.74 Å². The molecule has 0 bridgehead atoms. The Morgan fingerprint density at radius 3 is 2.54 bits per heavy atom. The molecule has 0 aliphatic carbocycles. The highest BCUT2D eigenvalue weighted by Gasteiger charge is 2.25. The summed E-state index contributed by atoms with van der Waals surface area (Å²) in [6.07, 6.45) is 4.76. The maximum atomic E-state index is 6.04. The zero-order valence-electron chi connectivity index (χ0n) is 15.3. The van der Waals surface area contributed by atoms with Crippen LogP contribution in [0.1, 0.15) is 0 Å². The second kappa shape index (κ2) is 7.49. The lowest BCUT2D eigenvalue weighted by Crippen LogP contribution is -3.14. The smallest absolute Gasteiger partial charge is 0.232 e. The van der Waals surface area contributed by atoms with Crippen LogP contribution in [0.2, 0.25) is 0 Å². The van der Waals surface area contributed by atoms with E-state index < -0.39 is 0 Å². The Morgan fingerprint density at radius 2 is 1.79 bits per heavy atom. The van der Waals surface area contributed by atoms with Crippen molar-refractivity contribution in [2.24, 2.45) is 0 Å². The van der Waals surface area contributed by atoms with Crippen LogP contribution < -0.4 is 10.2 Å². The monoisotopic (exact) mass is 381 g/mol. The fourth-order valence-electron chi connectivity index (χ4n) is 3.57. The number of furan rings is 3. The van der Waals surface area contributed by atoms with Crippen LogP contribution in [0.15, 0.2) is 56.4 Å². The highest BCUT2D eigenvalue weighted by molar-refractivity contribution is 6.04. The van der Waals surface area contributed by atoms with Crippen LogP contribution >= 0.6 is 0 Å². The molecular formula is C20H21N4O4+. The molecule has 4 aromatic rings. The van der Waals surface area contributed by atoms with Gasteiger partial charge in [-0.2, -0.15) is 0 Å². The minimum Gasteiger partial charge on any atom is -0.464 e. The number of ether oxygens (including phenoxy) is 1. The van der Waals surface area contributed by atoms with Gasteiger partial charge in [0.05, 0.1) is 49.8 Å². The summed E-state index contributed by atoms with van der Waals surface area (Å²) >= 11 is 0. The number of rotatable bonds is 6. The fourth-order valence-corrected chi connectivity index (χ4v) is 3.57. The molecule has 8 nitrogen and oxygen atoms in total. The van der Waals surface area contributed by atoms with Gasteiger partial charge >= 0.3 is 0 Å². The first kappa shape index (κ1) is 17.0. The minimum absolute atomic E-state index is 0.494. The molecule has 8 heteroatoms. The van der Waals surface area contributed by atoms with Gasteiger partial charge in [0.15, 0.2) is 11.5 Å². The van der Waals surface area contributed by atoms with Gasteiger partial charge in [-0.25, -0.2) is 9.97 Å². The first-order valence-electron chi connectivity index (χ1n) is 9.40. The van der Waals surface area contributed by atoms with Gasteiger partial charge in [0.25, 0.3) is 0 Å². The summed E-state index contributed by atoms with van der Waals surface area (Å²) in [5.41, 5.74) is 1.28. The van der Waals surface area contributed by atoms with E-state index in [1.165, 1.54) is 11.2 Å². The first-order chi connectivity index (χ1) is 13.9.